The summed E-state index contributed by atoms with van der Waals surface area (Å²) in [5, 5.41) is 26.2. The lowest BCUT2D eigenvalue weighted by Gasteiger charge is -2.32. The van der Waals surface area contributed by atoms with E-state index < -0.39 is 6.09 Å². The number of anilines is 1. The Morgan fingerprint density at radius 1 is 1.37 bits per heavy atom. The van der Waals surface area contributed by atoms with Crippen molar-refractivity contribution in [1.82, 2.24) is 30.7 Å². The van der Waals surface area contributed by atoms with Gasteiger partial charge in [0.15, 0.2) is 5.82 Å². The number of carboxylic acid groups (broad SMARTS) is 1. The summed E-state index contributed by atoms with van der Waals surface area (Å²) in [6.07, 6.45) is -0.896. The zero-order chi connectivity index (χ0) is 13.2. The lowest BCUT2D eigenvalue weighted by Crippen LogP contribution is -2.48. The minimum atomic E-state index is -0.896. The molecule has 10 heteroatoms. The molecule has 0 radical (unpaired) electrons. The summed E-state index contributed by atoms with van der Waals surface area (Å²) in [6.45, 7) is 2.04. The Morgan fingerprint density at radius 3 is 2.79 bits per heavy atom. The summed E-state index contributed by atoms with van der Waals surface area (Å²) in [5.41, 5.74) is 0. The molecular weight excluding hydrogens is 254 g/mol. The van der Waals surface area contributed by atoms with Crippen molar-refractivity contribution in [3.63, 3.8) is 0 Å². The van der Waals surface area contributed by atoms with Crippen LogP contribution < -0.4 is 4.90 Å². The molecule has 0 unspecified atom stereocenters. The normalized spacial score (nSPS) is 15.8. The molecule has 0 spiro atoms. The third kappa shape index (κ3) is 2.19. The zero-order valence-corrected chi connectivity index (χ0v) is 9.85. The molecule has 3 heterocycles. The van der Waals surface area contributed by atoms with E-state index in [-0.39, 0.29) is 0 Å². The molecule has 0 saturated carbocycles. The van der Waals surface area contributed by atoms with E-state index in [1.54, 1.807) is 6.07 Å². The second-order valence-electron chi connectivity index (χ2n) is 4.04. The van der Waals surface area contributed by atoms with E-state index >= 15 is 0 Å². The SMILES string of the molecule is O=C(O)N1CCN(c2cc(-c3nn[nH]n3)on2)CC1. The van der Waals surface area contributed by atoms with E-state index in [0.29, 0.717) is 43.6 Å². The maximum Gasteiger partial charge on any atom is 0.407 e. The van der Waals surface area contributed by atoms with Crippen LogP contribution in [0.25, 0.3) is 11.6 Å². The van der Waals surface area contributed by atoms with Gasteiger partial charge in [-0.1, -0.05) is 5.16 Å². The smallest absolute Gasteiger partial charge is 0.407 e. The molecule has 0 aromatic carbocycles. The summed E-state index contributed by atoms with van der Waals surface area (Å²) in [7, 11) is 0. The number of hydrogen-bond acceptors (Lipinski definition) is 7. The van der Waals surface area contributed by atoms with Crippen LogP contribution in [-0.4, -0.2) is 68.1 Å². The molecule has 0 bridgehead atoms. The fourth-order valence-electron chi connectivity index (χ4n) is 1.91. The van der Waals surface area contributed by atoms with Gasteiger partial charge in [0.25, 0.3) is 0 Å². The number of tetrazole rings is 1. The molecule has 2 aromatic heterocycles. The maximum atomic E-state index is 10.8. The van der Waals surface area contributed by atoms with Gasteiger partial charge in [0.05, 0.1) is 0 Å². The van der Waals surface area contributed by atoms with Gasteiger partial charge in [-0.2, -0.15) is 5.21 Å². The highest BCUT2D eigenvalue weighted by Gasteiger charge is 2.23. The van der Waals surface area contributed by atoms with Gasteiger partial charge < -0.3 is 19.4 Å². The van der Waals surface area contributed by atoms with Gasteiger partial charge in [0.1, 0.15) is 0 Å². The van der Waals surface area contributed by atoms with Crippen molar-refractivity contribution in [3.05, 3.63) is 6.07 Å². The Kier molecular flexibility index (Phi) is 2.74. The summed E-state index contributed by atoms with van der Waals surface area (Å²) in [4.78, 5) is 14.1. The maximum absolute atomic E-state index is 10.8. The Bertz CT molecular complexity index is 558. The minimum Gasteiger partial charge on any atom is -0.465 e. The average molecular weight is 265 g/mol. The Balaban J connectivity index is 1.69. The monoisotopic (exact) mass is 265 g/mol. The molecule has 10 nitrogen and oxygen atoms in total. The molecule has 0 atom stereocenters. The number of nitrogens with one attached hydrogen (secondary N) is 1. The first kappa shape index (κ1) is 11.4. The number of piperazine rings is 1. The highest BCUT2D eigenvalue weighted by atomic mass is 16.5. The van der Waals surface area contributed by atoms with Gasteiger partial charge in [0, 0.05) is 32.2 Å². The van der Waals surface area contributed by atoms with E-state index in [4.69, 9.17) is 9.63 Å². The third-order valence-corrected chi connectivity index (χ3v) is 2.94. The second-order valence-corrected chi connectivity index (χ2v) is 4.04. The lowest BCUT2D eigenvalue weighted by atomic mass is 10.3. The summed E-state index contributed by atoms with van der Waals surface area (Å²) in [5.74, 6) is 1.40. The largest absolute Gasteiger partial charge is 0.465 e. The van der Waals surface area contributed by atoms with Crippen LogP contribution in [0.4, 0.5) is 10.6 Å². The van der Waals surface area contributed by atoms with Crippen molar-refractivity contribution in [2.75, 3.05) is 31.1 Å². The fraction of sp³-hybridized carbons (Fsp3) is 0.444. The van der Waals surface area contributed by atoms with E-state index in [1.807, 2.05) is 4.90 Å². The highest BCUT2D eigenvalue weighted by molar-refractivity contribution is 5.65. The molecular formula is C9H11N7O3. The summed E-state index contributed by atoms with van der Waals surface area (Å²) >= 11 is 0. The van der Waals surface area contributed by atoms with Gasteiger partial charge in [-0.25, -0.2) is 4.79 Å². The molecule has 100 valence electrons. The molecule has 0 aliphatic carbocycles. The Morgan fingerprint density at radius 2 is 2.16 bits per heavy atom. The molecule has 1 saturated heterocycles. The van der Waals surface area contributed by atoms with Gasteiger partial charge in [-0.15, -0.1) is 10.2 Å². The predicted molar refractivity (Wildman–Crippen MR) is 61.5 cm³/mol. The minimum absolute atomic E-state index is 0.336. The molecule has 19 heavy (non-hydrogen) atoms. The van der Waals surface area contributed by atoms with E-state index in [1.165, 1.54) is 4.90 Å². The summed E-state index contributed by atoms with van der Waals surface area (Å²) in [6, 6.07) is 1.71. The zero-order valence-electron chi connectivity index (χ0n) is 9.85. The number of rotatable bonds is 2. The average Bonchev–Trinajstić information content (AvgIpc) is 3.10. The van der Waals surface area contributed by atoms with E-state index in [2.05, 4.69) is 25.8 Å². The number of hydrogen-bond donors (Lipinski definition) is 2. The van der Waals surface area contributed by atoms with Crippen molar-refractivity contribution >= 4 is 11.9 Å². The van der Waals surface area contributed by atoms with Crippen LogP contribution in [0, 0.1) is 0 Å². The van der Waals surface area contributed by atoms with Gasteiger partial charge in [-0.05, 0) is 5.21 Å². The van der Waals surface area contributed by atoms with Crippen LogP contribution >= 0.6 is 0 Å². The van der Waals surface area contributed by atoms with Crippen LogP contribution in [0.15, 0.2) is 10.6 Å². The Labute approximate surface area is 107 Å². The first-order valence-electron chi connectivity index (χ1n) is 5.67. The predicted octanol–water partition coefficient (Wildman–Crippen LogP) is -0.345. The number of carbonyl (C=O) groups is 1. The van der Waals surface area contributed by atoms with Crippen molar-refractivity contribution in [2.45, 2.75) is 0 Å². The summed E-state index contributed by atoms with van der Waals surface area (Å²) < 4.78 is 5.13. The van der Waals surface area contributed by atoms with E-state index in [9.17, 15) is 4.79 Å². The molecule has 1 aliphatic heterocycles. The third-order valence-electron chi connectivity index (χ3n) is 2.94. The number of amides is 1. The van der Waals surface area contributed by atoms with Crippen LogP contribution in [0.1, 0.15) is 0 Å². The highest BCUT2D eigenvalue weighted by Crippen LogP contribution is 2.21. The number of aromatic nitrogens is 5. The number of H-pyrrole nitrogens is 1. The topological polar surface area (TPSA) is 124 Å². The molecule has 3 rings (SSSR count). The second kappa shape index (κ2) is 4.55. The van der Waals surface area contributed by atoms with Crippen LogP contribution in [0.5, 0.6) is 0 Å². The molecule has 1 aliphatic rings. The first-order chi connectivity index (χ1) is 9.24. The fourth-order valence-corrected chi connectivity index (χ4v) is 1.91. The van der Waals surface area contributed by atoms with Crippen molar-refractivity contribution in [1.29, 1.82) is 0 Å². The molecule has 2 N–H and O–H groups in total. The quantitative estimate of drug-likeness (QED) is 0.755. The van der Waals surface area contributed by atoms with Crippen LogP contribution in [-0.2, 0) is 0 Å². The van der Waals surface area contributed by atoms with Crippen molar-refractivity contribution in [2.24, 2.45) is 0 Å². The van der Waals surface area contributed by atoms with E-state index in [0.717, 1.165) is 0 Å². The molecule has 1 amide bonds. The Hall–Kier alpha value is -2.65. The lowest BCUT2D eigenvalue weighted by molar-refractivity contribution is 0.142. The van der Waals surface area contributed by atoms with Crippen LogP contribution in [0.3, 0.4) is 0 Å². The van der Waals surface area contributed by atoms with Crippen LogP contribution in [0.2, 0.25) is 0 Å². The number of aromatic amines is 1. The van der Waals surface area contributed by atoms with Crippen molar-refractivity contribution < 1.29 is 14.4 Å². The van der Waals surface area contributed by atoms with Gasteiger partial charge >= 0.3 is 6.09 Å². The molecule has 2 aromatic rings. The molecule has 1 fully saturated rings. The van der Waals surface area contributed by atoms with Crippen molar-refractivity contribution in [3.8, 4) is 11.6 Å². The van der Waals surface area contributed by atoms with Gasteiger partial charge in [0.2, 0.25) is 11.6 Å². The van der Waals surface area contributed by atoms with Gasteiger partial charge in [-0.3, -0.25) is 0 Å². The standard InChI is InChI=1S/C9H11N7O3/c17-9(18)16-3-1-15(2-4-16)7-5-6(19-12-7)8-10-13-14-11-8/h5H,1-4H2,(H,17,18)(H,10,11,13,14). The number of nitrogens with zero attached hydrogens (tertiary/aromatic N) is 6. The first-order valence-corrected chi connectivity index (χ1v) is 5.67.